The molecule has 0 radical (unpaired) electrons. The third kappa shape index (κ3) is 6.90. The van der Waals surface area contributed by atoms with Crippen LogP contribution in [0.3, 0.4) is 0 Å². The summed E-state index contributed by atoms with van der Waals surface area (Å²) in [6.07, 6.45) is 1.74. The predicted molar refractivity (Wildman–Crippen MR) is 160 cm³/mol. The number of para-hydroxylation sites is 1. The maximum Gasteiger partial charge on any atom is 0.266 e. The van der Waals surface area contributed by atoms with Crippen LogP contribution in [0.4, 0.5) is 0 Å². The number of hydrogen-bond acceptors (Lipinski definition) is 8. The van der Waals surface area contributed by atoms with Crippen LogP contribution in [-0.2, 0) is 16.1 Å². The molecule has 10 heteroatoms. The Balaban J connectivity index is 1.61. The Bertz CT molecular complexity index is 1360. The first-order valence-electron chi connectivity index (χ1n) is 13.2. The maximum atomic E-state index is 13.9. The van der Waals surface area contributed by atoms with Crippen LogP contribution >= 0.6 is 15.9 Å². The molecule has 41 heavy (non-hydrogen) atoms. The number of aliphatic hydroxyl groups is 1. The first-order chi connectivity index (χ1) is 19.9. The summed E-state index contributed by atoms with van der Waals surface area (Å²) in [5, 5.41) is 8.99. The minimum absolute atomic E-state index is 0.0650. The van der Waals surface area contributed by atoms with Crippen molar-refractivity contribution in [2.24, 2.45) is 4.99 Å². The van der Waals surface area contributed by atoms with E-state index in [4.69, 9.17) is 29.0 Å². The van der Waals surface area contributed by atoms with Crippen LogP contribution in [0.25, 0.3) is 0 Å². The molecular weight excluding hydrogens is 590 g/mol. The van der Waals surface area contributed by atoms with Crippen LogP contribution in [0.5, 0.6) is 17.2 Å². The largest absolute Gasteiger partial charge is 0.494 e. The summed E-state index contributed by atoms with van der Waals surface area (Å²) < 4.78 is 23.9. The minimum Gasteiger partial charge on any atom is -0.494 e. The fourth-order valence-corrected chi connectivity index (χ4v) is 4.86. The average Bonchev–Trinajstić information content (AvgIpc) is 3.38. The molecule has 4 rings (SSSR count). The number of halogens is 1. The molecule has 1 aliphatic rings. The van der Waals surface area contributed by atoms with E-state index in [9.17, 15) is 4.79 Å². The summed E-state index contributed by atoms with van der Waals surface area (Å²) in [4.78, 5) is 18.8. The molecule has 9 nitrogen and oxygen atoms in total. The van der Waals surface area contributed by atoms with E-state index in [-0.39, 0.29) is 25.5 Å². The topological polar surface area (TPSA) is 111 Å². The van der Waals surface area contributed by atoms with Gasteiger partial charge in [-0.25, -0.2) is 10.4 Å². The third-order valence-electron chi connectivity index (χ3n) is 6.62. The number of carbonyl (C=O) groups excluding carboxylic acids is 1. The lowest BCUT2D eigenvalue weighted by Crippen LogP contribution is -2.52. The molecule has 0 fully saturated rings. The van der Waals surface area contributed by atoms with Crippen LogP contribution in [0.1, 0.15) is 35.6 Å². The van der Waals surface area contributed by atoms with Gasteiger partial charge in [-0.15, -0.1) is 6.58 Å². The zero-order valence-corrected chi connectivity index (χ0v) is 24.6. The molecule has 0 saturated heterocycles. The Labute approximate surface area is 248 Å². The fraction of sp³-hybridized carbons (Fsp3) is 0.290. The van der Waals surface area contributed by atoms with E-state index in [1.807, 2.05) is 66.7 Å². The van der Waals surface area contributed by atoms with E-state index >= 15 is 0 Å². The molecule has 3 aromatic rings. The van der Waals surface area contributed by atoms with Crippen molar-refractivity contribution < 1.29 is 28.8 Å². The molecule has 0 spiro atoms. The van der Waals surface area contributed by atoms with Crippen LogP contribution in [-0.4, -0.2) is 49.9 Å². The lowest BCUT2D eigenvalue weighted by molar-refractivity contribution is -0.129. The zero-order valence-electron chi connectivity index (χ0n) is 23.1. The maximum absolute atomic E-state index is 13.9. The van der Waals surface area contributed by atoms with Crippen molar-refractivity contribution >= 4 is 27.7 Å². The van der Waals surface area contributed by atoms with E-state index < -0.39 is 11.6 Å². The number of hydrazine groups is 1. The molecule has 0 aromatic heterocycles. The van der Waals surface area contributed by atoms with Gasteiger partial charge >= 0.3 is 0 Å². The Morgan fingerprint density at radius 2 is 1.88 bits per heavy atom. The highest BCUT2D eigenvalue weighted by molar-refractivity contribution is 9.10. The first-order valence-corrected chi connectivity index (χ1v) is 13.9. The summed E-state index contributed by atoms with van der Waals surface area (Å²) in [7, 11) is 3.15. The standard InChI is InChI=1S/C31H34BrN3O6/c1-4-17-31(30(37)35-33-20-23-7-5-8-26(38-2)27(23)39-3)28(21-9-13-24(32)14-10-21)41-29(34-31)22-11-15-25(16-12-22)40-19-6-18-36/h4-5,7-16,28,33,36H,1,6,17-20H2,2-3H3,(H,35,37)/t28-,31-/m0/s1. The smallest absolute Gasteiger partial charge is 0.266 e. The number of nitrogens with one attached hydrogen (secondary N) is 2. The third-order valence-corrected chi connectivity index (χ3v) is 7.15. The quantitative estimate of drug-likeness (QED) is 0.133. The second-order valence-electron chi connectivity index (χ2n) is 9.29. The number of nitrogens with zero attached hydrogens (tertiary/aromatic N) is 1. The average molecular weight is 625 g/mol. The van der Waals surface area contributed by atoms with Gasteiger partial charge in [-0.1, -0.05) is 46.3 Å². The molecule has 216 valence electrons. The number of carbonyl (C=O) groups is 1. The highest BCUT2D eigenvalue weighted by Gasteiger charge is 2.52. The van der Waals surface area contributed by atoms with Crippen LogP contribution in [0.2, 0.25) is 0 Å². The van der Waals surface area contributed by atoms with E-state index in [1.165, 1.54) is 0 Å². The number of benzene rings is 3. The molecule has 3 N–H and O–H groups in total. The Kier molecular flexibility index (Phi) is 10.4. The van der Waals surface area contributed by atoms with E-state index in [2.05, 4.69) is 33.4 Å². The molecule has 1 amide bonds. The number of rotatable bonds is 14. The summed E-state index contributed by atoms with van der Waals surface area (Å²) in [5.41, 5.74) is 6.84. The van der Waals surface area contributed by atoms with Gasteiger partial charge < -0.3 is 24.1 Å². The van der Waals surface area contributed by atoms with Gasteiger partial charge in [0.2, 0.25) is 5.90 Å². The predicted octanol–water partition coefficient (Wildman–Crippen LogP) is 4.88. The second-order valence-corrected chi connectivity index (χ2v) is 10.2. The van der Waals surface area contributed by atoms with E-state index in [0.717, 1.165) is 15.6 Å². The Hall–Kier alpha value is -3.86. The van der Waals surface area contributed by atoms with Crippen LogP contribution in [0, 0.1) is 0 Å². The molecule has 0 unspecified atom stereocenters. The van der Waals surface area contributed by atoms with E-state index in [0.29, 0.717) is 41.7 Å². The normalized spacial score (nSPS) is 17.8. The number of amides is 1. The van der Waals surface area contributed by atoms with Gasteiger partial charge in [0.1, 0.15) is 5.75 Å². The molecule has 1 aliphatic heterocycles. The van der Waals surface area contributed by atoms with Gasteiger partial charge in [0, 0.05) is 41.6 Å². The van der Waals surface area contributed by atoms with Gasteiger partial charge in [-0.05, 0) is 48.0 Å². The van der Waals surface area contributed by atoms with Crippen LogP contribution in [0.15, 0.2) is 88.9 Å². The zero-order chi connectivity index (χ0) is 29.2. The van der Waals surface area contributed by atoms with Crippen molar-refractivity contribution in [2.75, 3.05) is 27.4 Å². The Morgan fingerprint density at radius 1 is 1.12 bits per heavy atom. The van der Waals surface area contributed by atoms with Crippen molar-refractivity contribution in [1.82, 2.24) is 10.9 Å². The van der Waals surface area contributed by atoms with Gasteiger partial charge in [0.25, 0.3) is 5.91 Å². The number of aliphatic hydroxyl groups excluding tert-OH is 1. The van der Waals surface area contributed by atoms with Gasteiger partial charge in [-0.2, -0.15) is 0 Å². The lowest BCUT2D eigenvalue weighted by Gasteiger charge is -2.29. The minimum atomic E-state index is -1.33. The van der Waals surface area contributed by atoms with Crippen molar-refractivity contribution in [3.63, 3.8) is 0 Å². The summed E-state index contributed by atoms with van der Waals surface area (Å²) >= 11 is 3.48. The highest BCUT2D eigenvalue weighted by atomic mass is 79.9. The molecule has 0 saturated carbocycles. The number of aliphatic imine (C=N–C) groups is 1. The molecule has 1 heterocycles. The monoisotopic (exact) mass is 623 g/mol. The van der Waals surface area contributed by atoms with Gasteiger partial charge in [-0.3, -0.25) is 10.2 Å². The lowest BCUT2D eigenvalue weighted by atomic mass is 9.84. The Morgan fingerprint density at radius 3 is 2.54 bits per heavy atom. The van der Waals surface area contributed by atoms with Crippen molar-refractivity contribution in [3.05, 3.63) is 101 Å². The van der Waals surface area contributed by atoms with Gasteiger partial charge in [0.15, 0.2) is 23.1 Å². The van der Waals surface area contributed by atoms with Crippen molar-refractivity contribution in [2.45, 2.75) is 31.0 Å². The second kappa shape index (κ2) is 14.2. The molecule has 0 aliphatic carbocycles. The highest BCUT2D eigenvalue weighted by Crippen LogP contribution is 2.43. The summed E-state index contributed by atoms with van der Waals surface area (Å²) in [6, 6.07) is 20.5. The SMILES string of the molecule is C=CC[C@]1(C(=O)NNCc2cccc(OC)c2OC)N=C(c2ccc(OCCCO)cc2)O[C@H]1c1ccc(Br)cc1. The van der Waals surface area contributed by atoms with E-state index in [1.54, 1.807) is 20.3 Å². The summed E-state index contributed by atoms with van der Waals surface area (Å²) in [6.45, 7) is 4.67. The van der Waals surface area contributed by atoms with Gasteiger partial charge in [0.05, 0.1) is 20.8 Å². The fourth-order valence-electron chi connectivity index (χ4n) is 4.59. The summed E-state index contributed by atoms with van der Waals surface area (Å²) in [5.74, 6) is 1.81. The first kappa shape index (κ1) is 30.1. The van der Waals surface area contributed by atoms with Crippen molar-refractivity contribution in [1.29, 1.82) is 0 Å². The van der Waals surface area contributed by atoms with Crippen molar-refractivity contribution in [3.8, 4) is 17.2 Å². The molecule has 0 bridgehead atoms. The molecular formula is C31H34BrN3O6. The number of ether oxygens (including phenoxy) is 4. The number of methoxy groups -OCH3 is 2. The molecule has 3 aromatic carbocycles. The molecule has 2 atom stereocenters. The van der Waals surface area contributed by atoms with Crippen LogP contribution < -0.4 is 25.1 Å². The number of hydrogen-bond donors (Lipinski definition) is 3.